The van der Waals surface area contributed by atoms with E-state index in [9.17, 15) is 4.79 Å². The number of nitrogens with one attached hydrogen (secondary N) is 1. The second-order valence-corrected chi connectivity index (χ2v) is 7.60. The molecule has 7 heteroatoms. The van der Waals surface area contributed by atoms with E-state index < -0.39 is 0 Å². The van der Waals surface area contributed by atoms with E-state index in [0.29, 0.717) is 12.6 Å². The van der Waals surface area contributed by atoms with Gasteiger partial charge < -0.3 is 16.0 Å². The Bertz CT molecular complexity index is 773. The molecule has 2 amide bonds. The fourth-order valence-electron chi connectivity index (χ4n) is 3.70. The summed E-state index contributed by atoms with van der Waals surface area (Å²) in [6, 6.07) is 8.49. The number of rotatable bonds is 6. The molecule has 1 saturated carbocycles. The van der Waals surface area contributed by atoms with Crippen molar-refractivity contribution in [3.8, 4) is 0 Å². The summed E-state index contributed by atoms with van der Waals surface area (Å²) in [5.41, 5.74) is 8.33. The first-order valence-electron chi connectivity index (χ1n) is 9.89. The molecule has 1 aliphatic carbocycles. The van der Waals surface area contributed by atoms with Crippen LogP contribution in [0.2, 0.25) is 0 Å². The number of carbonyl (C=O) groups excluding carboxylic acids is 1. The maximum Gasteiger partial charge on any atom is 0.321 e. The van der Waals surface area contributed by atoms with Gasteiger partial charge in [-0.3, -0.25) is 4.90 Å². The van der Waals surface area contributed by atoms with Crippen molar-refractivity contribution in [2.45, 2.75) is 51.2 Å². The number of nitrogen functional groups attached to an aromatic ring is 1. The lowest BCUT2D eigenvalue weighted by Gasteiger charge is -2.31. The number of para-hydroxylation sites is 1. The van der Waals surface area contributed by atoms with Crippen LogP contribution in [-0.2, 0) is 13.1 Å². The molecule has 0 unspecified atom stereocenters. The highest BCUT2D eigenvalue weighted by atomic mass is 16.2. The minimum absolute atomic E-state index is 0.162. The molecule has 0 spiro atoms. The zero-order chi connectivity index (χ0) is 19.9. The third-order valence-corrected chi connectivity index (χ3v) is 5.37. The van der Waals surface area contributed by atoms with E-state index in [1.807, 2.05) is 18.2 Å². The van der Waals surface area contributed by atoms with Crippen LogP contribution in [0.1, 0.15) is 43.2 Å². The number of nitrogens with zero attached hydrogens (tertiary/aromatic N) is 4. The van der Waals surface area contributed by atoms with E-state index in [4.69, 9.17) is 5.73 Å². The van der Waals surface area contributed by atoms with Gasteiger partial charge in [0.1, 0.15) is 0 Å². The number of urea groups is 1. The van der Waals surface area contributed by atoms with Crippen molar-refractivity contribution in [3.63, 3.8) is 0 Å². The van der Waals surface area contributed by atoms with Gasteiger partial charge >= 0.3 is 6.03 Å². The number of benzene rings is 1. The third-order valence-electron chi connectivity index (χ3n) is 5.37. The predicted molar refractivity (Wildman–Crippen MR) is 112 cm³/mol. The number of anilines is 2. The van der Waals surface area contributed by atoms with Gasteiger partial charge in [0.2, 0.25) is 5.95 Å². The SMILES string of the molecule is CN(Cc1cnc(N)nc1)C(=O)Nc1ccccc1CN(C)C1CCCCC1. The molecule has 2 aromatic rings. The maximum absolute atomic E-state index is 12.7. The summed E-state index contributed by atoms with van der Waals surface area (Å²) in [7, 11) is 3.93. The normalized spacial score (nSPS) is 14.8. The fraction of sp³-hybridized carbons (Fsp3) is 0.476. The lowest BCUT2D eigenvalue weighted by Crippen LogP contribution is -2.34. The Morgan fingerprint density at radius 2 is 1.79 bits per heavy atom. The highest BCUT2D eigenvalue weighted by Gasteiger charge is 2.19. The van der Waals surface area contributed by atoms with Crippen molar-refractivity contribution in [3.05, 3.63) is 47.8 Å². The quantitative estimate of drug-likeness (QED) is 0.798. The van der Waals surface area contributed by atoms with Gasteiger partial charge in [-0.1, -0.05) is 37.5 Å². The minimum atomic E-state index is -0.162. The summed E-state index contributed by atoms with van der Waals surface area (Å²) in [5.74, 6) is 0.229. The first kappa shape index (κ1) is 20.1. The van der Waals surface area contributed by atoms with Gasteiger partial charge in [0.05, 0.1) is 6.54 Å². The highest BCUT2D eigenvalue weighted by molar-refractivity contribution is 5.89. The monoisotopic (exact) mass is 382 g/mol. The standard InChI is InChI=1S/C21H30N6O/c1-26(18-9-4-3-5-10-18)15-17-8-6-7-11-19(17)25-21(28)27(2)14-16-12-23-20(22)24-13-16/h6-8,11-13,18H,3-5,9-10,14-15H2,1-2H3,(H,25,28)(H2,22,23,24). The van der Waals surface area contributed by atoms with Crippen molar-refractivity contribution in [1.82, 2.24) is 19.8 Å². The van der Waals surface area contributed by atoms with Crippen LogP contribution in [0.4, 0.5) is 16.4 Å². The van der Waals surface area contributed by atoms with Crippen molar-refractivity contribution in [2.24, 2.45) is 0 Å². The Kier molecular flexibility index (Phi) is 6.81. The topological polar surface area (TPSA) is 87.4 Å². The number of hydrogen-bond acceptors (Lipinski definition) is 5. The third kappa shape index (κ3) is 5.42. The molecule has 7 nitrogen and oxygen atoms in total. The number of nitrogens with two attached hydrogens (primary N) is 1. The highest BCUT2D eigenvalue weighted by Crippen LogP contribution is 2.25. The van der Waals surface area contributed by atoms with Crippen LogP contribution < -0.4 is 11.1 Å². The Morgan fingerprint density at radius 3 is 2.50 bits per heavy atom. The van der Waals surface area contributed by atoms with Crippen LogP contribution in [0.3, 0.4) is 0 Å². The number of carbonyl (C=O) groups is 1. The molecule has 1 heterocycles. The Balaban J connectivity index is 1.61. The van der Waals surface area contributed by atoms with Gasteiger partial charge in [-0.05, 0) is 31.5 Å². The Labute approximate surface area is 167 Å². The summed E-state index contributed by atoms with van der Waals surface area (Å²) >= 11 is 0. The Morgan fingerprint density at radius 1 is 1.11 bits per heavy atom. The second kappa shape index (κ2) is 9.50. The van der Waals surface area contributed by atoms with Crippen LogP contribution in [0.25, 0.3) is 0 Å². The van der Waals surface area contributed by atoms with Gasteiger partial charge in [0.15, 0.2) is 0 Å². The van der Waals surface area contributed by atoms with Crippen LogP contribution in [0, 0.1) is 0 Å². The first-order chi connectivity index (χ1) is 13.5. The fourth-order valence-corrected chi connectivity index (χ4v) is 3.70. The maximum atomic E-state index is 12.7. The summed E-state index contributed by atoms with van der Waals surface area (Å²) in [4.78, 5) is 24.6. The van der Waals surface area contributed by atoms with Crippen LogP contribution >= 0.6 is 0 Å². The molecule has 0 bridgehead atoms. The van der Waals surface area contributed by atoms with Crippen molar-refractivity contribution in [1.29, 1.82) is 0 Å². The van der Waals surface area contributed by atoms with Crippen LogP contribution in [-0.4, -0.2) is 45.9 Å². The number of aromatic nitrogens is 2. The first-order valence-corrected chi connectivity index (χ1v) is 9.89. The molecule has 0 saturated heterocycles. The summed E-state index contributed by atoms with van der Waals surface area (Å²) in [5, 5.41) is 3.05. The zero-order valence-electron chi connectivity index (χ0n) is 16.8. The van der Waals surface area contributed by atoms with Crippen LogP contribution in [0.15, 0.2) is 36.7 Å². The molecule has 0 atom stereocenters. The van der Waals surface area contributed by atoms with E-state index in [2.05, 4.69) is 33.3 Å². The van der Waals surface area contributed by atoms with Crippen molar-refractivity contribution < 1.29 is 4.79 Å². The Hall–Kier alpha value is -2.67. The minimum Gasteiger partial charge on any atom is -0.368 e. The average molecular weight is 383 g/mol. The van der Waals surface area contributed by atoms with E-state index >= 15 is 0 Å². The second-order valence-electron chi connectivity index (χ2n) is 7.60. The van der Waals surface area contributed by atoms with Crippen molar-refractivity contribution in [2.75, 3.05) is 25.1 Å². The molecule has 3 N–H and O–H groups in total. The lowest BCUT2D eigenvalue weighted by atomic mass is 9.94. The van der Waals surface area contributed by atoms with Gasteiger partial charge in [-0.15, -0.1) is 0 Å². The molecule has 0 aliphatic heterocycles. The summed E-state index contributed by atoms with van der Waals surface area (Å²) in [6.07, 6.45) is 9.77. The van der Waals surface area contributed by atoms with Gasteiger partial charge in [0, 0.05) is 43.3 Å². The predicted octanol–water partition coefficient (Wildman–Crippen LogP) is 3.49. The van der Waals surface area contributed by atoms with E-state index in [1.54, 1.807) is 24.3 Å². The molecule has 1 aromatic carbocycles. The molecule has 1 aliphatic rings. The van der Waals surface area contributed by atoms with E-state index in [-0.39, 0.29) is 12.0 Å². The molecule has 3 rings (SSSR count). The molecular weight excluding hydrogens is 352 g/mol. The molecule has 0 radical (unpaired) electrons. The number of hydrogen-bond donors (Lipinski definition) is 2. The van der Waals surface area contributed by atoms with Gasteiger partial charge in [-0.25, -0.2) is 14.8 Å². The summed E-state index contributed by atoms with van der Waals surface area (Å²) in [6.45, 7) is 1.24. The van der Waals surface area contributed by atoms with Gasteiger partial charge in [-0.2, -0.15) is 0 Å². The average Bonchev–Trinajstić information content (AvgIpc) is 2.71. The summed E-state index contributed by atoms with van der Waals surface area (Å²) < 4.78 is 0. The number of amides is 2. The lowest BCUT2D eigenvalue weighted by molar-refractivity contribution is 0.185. The van der Waals surface area contributed by atoms with Crippen molar-refractivity contribution >= 4 is 17.7 Å². The zero-order valence-corrected chi connectivity index (χ0v) is 16.8. The molecule has 28 heavy (non-hydrogen) atoms. The van der Waals surface area contributed by atoms with Crippen LogP contribution in [0.5, 0.6) is 0 Å². The largest absolute Gasteiger partial charge is 0.368 e. The molecular formula is C21H30N6O. The van der Waals surface area contributed by atoms with Gasteiger partial charge in [0.25, 0.3) is 0 Å². The van der Waals surface area contributed by atoms with E-state index in [0.717, 1.165) is 23.4 Å². The van der Waals surface area contributed by atoms with E-state index in [1.165, 1.54) is 32.1 Å². The molecule has 1 aromatic heterocycles. The molecule has 1 fully saturated rings. The molecule has 150 valence electrons. The smallest absolute Gasteiger partial charge is 0.321 e.